The number of halogens is 2. The second-order valence-electron chi connectivity index (χ2n) is 0. The molecule has 0 aromatic carbocycles. The summed E-state index contributed by atoms with van der Waals surface area (Å²) >= 11 is 4.75. The van der Waals surface area contributed by atoms with Crippen LogP contribution in [0.2, 0.25) is 0 Å². The van der Waals surface area contributed by atoms with Crippen LogP contribution in [0.3, 0.4) is 0 Å². The minimum atomic E-state index is 0. The van der Waals surface area contributed by atoms with E-state index in [0.29, 0.717) is 0 Å². The first-order valence-corrected chi connectivity index (χ1v) is 1.96. The molecule has 0 aromatic rings. The first-order chi connectivity index (χ1) is 1.00. The van der Waals surface area contributed by atoms with E-state index >= 15 is 0 Å². The van der Waals surface area contributed by atoms with Gasteiger partial charge in [-0.3, -0.25) is 0 Å². The van der Waals surface area contributed by atoms with Crippen LogP contribution >= 0.6 is 26.2 Å². The molecule has 0 saturated heterocycles. The zero-order valence-corrected chi connectivity index (χ0v) is 4.19. The van der Waals surface area contributed by atoms with Crippen molar-refractivity contribution in [1.82, 2.24) is 0 Å². The maximum atomic E-state index is 2.94. The third-order valence-electron chi connectivity index (χ3n) is 0. The van der Waals surface area contributed by atoms with Crippen LogP contribution in [0.15, 0.2) is 0 Å². The Balaban J connectivity index is -0.00000000500. The van der Waals surface area contributed by atoms with Gasteiger partial charge < -0.3 is 0 Å². The van der Waals surface area contributed by atoms with E-state index in [9.17, 15) is 0 Å². The van der Waals surface area contributed by atoms with Crippen molar-refractivity contribution in [2.24, 2.45) is 0 Å². The van der Waals surface area contributed by atoms with Crippen molar-refractivity contribution in [1.29, 1.82) is 0 Å². The van der Waals surface area contributed by atoms with Crippen LogP contribution in [0.1, 0.15) is 0 Å². The Labute approximate surface area is 78.1 Å². The summed E-state index contributed by atoms with van der Waals surface area (Å²) in [5.41, 5.74) is 0. The molecule has 0 N–H and O–H groups in total. The molecular formula is H3BrCaClLi. The van der Waals surface area contributed by atoms with Gasteiger partial charge in [-0.05, 0) is 0 Å². The van der Waals surface area contributed by atoms with E-state index in [4.69, 9.17) is 0 Å². The van der Waals surface area contributed by atoms with Gasteiger partial charge in [-0.1, -0.05) is 0 Å². The fourth-order valence-corrected chi connectivity index (χ4v) is 0. The predicted molar refractivity (Wildman–Crippen MR) is 30.5 cm³/mol. The molecule has 0 unspecified atom stereocenters. The molecule has 0 saturated carbocycles. The summed E-state index contributed by atoms with van der Waals surface area (Å²) in [7, 11) is 0. The van der Waals surface area contributed by atoms with E-state index in [1.807, 2.05) is 15.8 Å². The summed E-state index contributed by atoms with van der Waals surface area (Å²) in [6.45, 7) is 0. The molecule has 0 aliphatic rings. The average molecular weight is 165 g/mol. The summed E-state index contributed by atoms with van der Waals surface area (Å²) in [5, 5.41) is 0. The molecule has 0 aliphatic heterocycles. The van der Waals surface area contributed by atoms with E-state index in [0.717, 1.165) is 0 Å². The normalized spacial score (nSPS) is 1.75. The van der Waals surface area contributed by atoms with Crippen LogP contribution < -0.4 is 0 Å². The minimum absolute atomic E-state index is 0. The van der Waals surface area contributed by atoms with Gasteiger partial charge in [0.25, 0.3) is 0 Å². The maximum absolute atomic E-state index is 2.94. The molecule has 0 rings (SSSR count). The van der Waals surface area contributed by atoms with E-state index in [-0.39, 0.29) is 50.1 Å². The van der Waals surface area contributed by atoms with Crippen molar-refractivity contribution < 1.29 is 0 Å². The van der Waals surface area contributed by atoms with Gasteiger partial charge in [-0.25, -0.2) is 0 Å². The quantitative estimate of drug-likeness (QED) is 0.442. The van der Waals surface area contributed by atoms with Crippen molar-refractivity contribution in [2.45, 2.75) is 0 Å². The monoisotopic (exact) mass is 164 g/mol. The van der Waals surface area contributed by atoms with Crippen molar-refractivity contribution in [2.75, 3.05) is 0 Å². The molecule has 4 heteroatoms. The Hall–Kier alpha value is 2.63. The van der Waals surface area contributed by atoms with Gasteiger partial charge in [0, 0.05) is 0 Å². The molecule has 0 aromatic heterocycles. The Morgan fingerprint density at radius 1 is 1.25 bits per heavy atom. The van der Waals surface area contributed by atoms with Crippen LogP contribution in [0.4, 0.5) is 0 Å². The van der Waals surface area contributed by atoms with Gasteiger partial charge in [-0.2, -0.15) is 0 Å². The number of hydrogen-bond acceptors (Lipinski definition) is 0. The Bertz CT molecular complexity index is 8.00. The van der Waals surface area contributed by atoms with E-state index < -0.39 is 0 Å². The van der Waals surface area contributed by atoms with Gasteiger partial charge in [0.15, 0.2) is 0 Å². The van der Waals surface area contributed by atoms with Crippen LogP contribution in [-0.2, 0) is 0 Å². The third-order valence-corrected chi connectivity index (χ3v) is 0. The van der Waals surface area contributed by atoms with Crippen LogP contribution in [0, 0.1) is 0 Å². The molecule has 0 atom stereocenters. The van der Waals surface area contributed by atoms with Crippen LogP contribution in [0.25, 0.3) is 0 Å². The van der Waals surface area contributed by atoms with Gasteiger partial charge >= 0.3 is 67.3 Å². The predicted octanol–water partition coefficient (Wildman–Crippen LogP) is -0.0296. The molecule has 0 aliphatic carbocycles. The molecular weight excluding hydrogens is 162 g/mol. The topological polar surface area (TPSA) is 0 Å². The molecule has 0 spiro atoms. The third kappa shape index (κ3) is 8.82. The molecule has 0 fully saturated rings. The van der Waals surface area contributed by atoms with Crippen LogP contribution in [0.5, 0.6) is 0 Å². The number of hydrogen-bond donors (Lipinski definition) is 0. The standard InChI is InChI=1S/BrH.Ca.ClH.Li.2H/h1H;;1H;;;/q;;;+1;;/p-1. The SMILES string of the molecule is Cl.[CaH2].[Li][Br]. The zero-order valence-electron chi connectivity index (χ0n) is 1.79. The molecule has 4 heavy (non-hydrogen) atoms. The van der Waals surface area contributed by atoms with Crippen molar-refractivity contribution >= 4 is 79.7 Å². The molecule has 0 bridgehead atoms. The van der Waals surface area contributed by atoms with E-state index in [2.05, 4.69) is 13.7 Å². The summed E-state index contributed by atoms with van der Waals surface area (Å²) < 4.78 is 0. The van der Waals surface area contributed by atoms with Crippen molar-refractivity contribution in [3.8, 4) is 0 Å². The second kappa shape index (κ2) is 17.5. The first-order valence-electron chi connectivity index (χ1n) is 0.378. The second-order valence-corrected chi connectivity index (χ2v) is 0. The van der Waals surface area contributed by atoms with E-state index in [1.54, 1.807) is 0 Å². The fourth-order valence-electron chi connectivity index (χ4n) is 0. The molecule has 20 valence electrons. The van der Waals surface area contributed by atoms with Gasteiger partial charge in [0.1, 0.15) is 0 Å². The Kier molecular flexibility index (Phi) is 69.6. The summed E-state index contributed by atoms with van der Waals surface area (Å²) in [4.78, 5) is 0. The van der Waals surface area contributed by atoms with Gasteiger partial charge in [0.2, 0.25) is 0 Å². The van der Waals surface area contributed by atoms with Gasteiger partial charge in [-0.15, -0.1) is 12.4 Å². The molecule has 0 amide bonds. The molecule has 0 heterocycles. The molecule has 0 radical (unpaired) electrons. The van der Waals surface area contributed by atoms with Crippen molar-refractivity contribution in [3.63, 3.8) is 0 Å². The first kappa shape index (κ1) is 16.0. The van der Waals surface area contributed by atoms with Crippen molar-refractivity contribution in [3.05, 3.63) is 0 Å². The van der Waals surface area contributed by atoms with Gasteiger partial charge in [0.05, 0.1) is 0 Å². The van der Waals surface area contributed by atoms with E-state index in [1.165, 1.54) is 0 Å². The summed E-state index contributed by atoms with van der Waals surface area (Å²) in [6, 6.07) is 0. The Morgan fingerprint density at radius 2 is 1.25 bits per heavy atom. The number of rotatable bonds is 0. The van der Waals surface area contributed by atoms with Crippen LogP contribution in [-0.4, -0.2) is 53.5 Å². The summed E-state index contributed by atoms with van der Waals surface area (Å²) in [5.74, 6) is 0. The average Bonchev–Trinajstić information content (AvgIpc) is 1.00. The summed E-state index contributed by atoms with van der Waals surface area (Å²) in [6.07, 6.45) is 0. The zero-order chi connectivity index (χ0) is 2.00. The molecule has 0 nitrogen and oxygen atoms in total. The fraction of sp³-hybridized carbons (Fsp3) is 0. The Morgan fingerprint density at radius 3 is 1.25 bits per heavy atom.